The van der Waals surface area contributed by atoms with E-state index in [9.17, 15) is 0 Å². The topological polar surface area (TPSA) is 73.5 Å². The number of hydrogen-bond acceptors (Lipinski definition) is 5. The Balaban J connectivity index is 1.21. The molecule has 0 aliphatic heterocycles. The van der Waals surface area contributed by atoms with Gasteiger partial charge in [-0.1, -0.05) is 44.9 Å². The van der Waals surface area contributed by atoms with Crippen molar-refractivity contribution in [1.29, 1.82) is 0 Å². The van der Waals surface area contributed by atoms with Gasteiger partial charge in [-0.05, 0) is 60.9 Å². The fourth-order valence-electron chi connectivity index (χ4n) is 4.60. The van der Waals surface area contributed by atoms with Crippen LogP contribution in [0.2, 0.25) is 0 Å². The summed E-state index contributed by atoms with van der Waals surface area (Å²) >= 11 is 0. The molecule has 2 aromatic rings. The van der Waals surface area contributed by atoms with Gasteiger partial charge in [-0.25, -0.2) is 4.68 Å². The first kappa shape index (κ1) is 20.2. The van der Waals surface area contributed by atoms with Crippen LogP contribution in [0.1, 0.15) is 106 Å². The van der Waals surface area contributed by atoms with Crippen molar-refractivity contribution in [3.63, 3.8) is 0 Å². The van der Waals surface area contributed by atoms with Crippen LogP contribution in [-0.2, 0) is 13.6 Å². The normalized spacial score (nSPS) is 20.0. The second kappa shape index (κ2) is 9.16. The van der Waals surface area contributed by atoms with Crippen molar-refractivity contribution in [3.8, 4) is 0 Å². The van der Waals surface area contributed by atoms with Crippen molar-refractivity contribution in [2.45, 2.75) is 95.6 Å². The molecule has 5 rings (SSSR count). The number of unbranched alkanes of at least 4 members (excludes halogenated alkanes) is 4. The first-order chi connectivity index (χ1) is 14.8. The van der Waals surface area contributed by atoms with Crippen LogP contribution in [0.25, 0.3) is 0 Å². The van der Waals surface area contributed by atoms with E-state index in [1.807, 2.05) is 16.4 Å². The summed E-state index contributed by atoms with van der Waals surface area (Å²) < 4.78 is 4.00. The molecule has 164 valence electrons. The Morgan fingerprint density at radius 1 is 1.00 bits per heavy atom. The largest absolute Gasteiger partial charge is 0.303 e. The maximum atomic E-state index is 4.80. The number of rotatable bonds is 14. The summed E-state index contributed by atoms with van der Waals surface area (Å²) in [7, 11) is 2.03. The number of aromatic nitrogens is 6. The Hall–Kier alpha value is -1.76. The van der Waals surface area contributed by atoms with E-state index >= 15 is 0 Å². The van der Waals surface area contributed by atoms with Gasteiger partial charge in [-0.15, -0.1) is 5.10 Å². The van der Waals surface area contributed by atoms with Gasteiger partial charge in [0.2, 0.25) is 0 Å². The quantitative estimate of drug-likeness (QED) is 0.473. The molecule has 3 aliphatic rings. The van der Waals surface area contributed by atoms with E-state index in [1.165, 1.54) is 88.3 Å². The molecule has 2 heterocycles. The molecule has 0 bridgehead atoms. The summed E-state index contributed by atoms with van der Waals surface area (Å²) in [5, 5.41) is 21.4. The lowest BCUT2D eigenvalue weighted by Crippen LogP contribution is -2.27. The molecular formula is C23H37N7. The van der Waals surface area contributed by atoms with E-state index in [0.29, 0.717) is 5.92 Å². The van der Waals surface area contributed by atoms with Gasteiger partial charge in [-0.2, -0.15) is 5.10 Å². The smallest absolute Gasteiger partial charge is 0.172 e. The van der Waals surface area contributed by atoms with Crippen molar-refractivity contribution >= 4 is 0 Å². The van der Waals surface area contributed by atoms with E-state index in [-0.39, 0.29) is 6.04 Å². The summed E-state index contributed by atoms with van der Waals surface area (Å²) in [6.45, 7) is 1.95. The number of nitrogens with zero attached hydrogens (tertiary/aromatic N) is 6. The maximum Gasteiger partial charge on any atom is 0.172 e. The molecule has 1 N–H and O–H groups in total. The van der Waals surface area contributed by atoms with Crippen LogP contribution in [0.5, 0.6) is 0 Å². The molecule has 7 nitrogen and oxygen atoms in total. The van der Waals surface area contributed by atoms with Crippen LogP contribution >= 0.6 is 0 Å². The molecule has 3 saturated carbocycles. The first-order valence-corrected chi connectivity index (χ1v) is 12.3. The molecule has 7 heteroatoms. The minimum Gasteiger partial charge on any atom is -0.303 e. The van der Waals surface area contributed by atoms with Gasteiger partial charge < -0.3 is 5.32 Å². The molecule has 1 unspecified atom stereocenters. The zero-order valence-corrected chi connectivity index (χ0v) is 18.5. The van der Waals surface area contributed by atoms with E-state index in [2.05, 4.69) is 27.0 Å². The van der Waals surface area contributed by atoms with E-state index < -0.39 is 0 Å². The summed E-state index contributed by atoms with van der Waals surface area (Å²) in [5.74, 6) is 3.40. The molecule has 1 atom stereocenters. The summed E-state index contributed by atoms with van der Waals surface area (Å²) in [6, 6.07) is 0.0397. The second-order valence-electron chi connectivity index (χ2n) is 9.97. The molecule has 3 aliphatic carbocycles. The third kappa shape index (κ3) is 5.29. The lowest BCUT2D eigenvalue weighted by molar-refractivity contribution is 0.471. The average Bonchev–Trinajstić information content (AvgIpc) is 3.62. The lowest BCUT2D eigenvalue weighted by atomic mass is 10.0. The second-order valence-corrected chi connectivity index (χ2v) is 9.97. The molecule has 0 aromatic carbocycles. The van der Waals surface area contributed by atoms with Crippen LogP contribution in [-0.4, -0.2) is 36.5 Å². The van der Waals surface area contributed by atoms with Gasteiger partial charge >= 0.3 is 0 Å². The number of nitrogens with one attached hydrogen (secondary N) is 1. The third-order valence-electron chi connectivity index (χ3n) is 6.94. The number of hydrogen-bond donors (Lipinski definition) is 1. The zero-order chi connectivity index (χ0) is 20.3. The van der Waals surface area contributed by atoms with Crippen molar-refractivity contribution < 1.29 is 0 Å². The highest BCUT2D eigenvalue weighted by molar-refractivity contribution is 5.31. The van der Waals surface area contributed by atoms with Crippen molar-refractivity contribution in [1.82, 2.24) is 35.3 Å². The van der Waals surface area contributed by atoms with Crippen LogP contribution in [0.15, 0.2) is 6.20 Å². The minimum atomic E-state index is 0.0397. The standard InChI is InChI=1S/C23H37N7/c1-29-16-20(21(26-29)19-12-13-19)22(23-25-27-28-30(23)15-18-10-11-18)24-14-6-4-2-3-5-7-17-8-9-17/h16-19,22,24H,2-15H2,1H3. The monoisotopic (exact) mass is 411 g/mol. The summed E-state index contributed by atoms with van der Waals surface area (Å²) in [4.78, 5) is 0. The lowest BCUT2D eigenvalue weighted by Gasteiger charge is -2.18. The Kier molecular flexibility index (Phi) is 6.16. The molecule has 0 amide bonds. The van der Waals surface area contributed by atoms with Gasteiger partial charge in [0.15, 0.2) is 5.82 Å². The molecule has 0 spiro atoms. The van der Waals surface area contributed by atoms with Crippen LogP contribution in [0.3, 0.4) is 0 Å². The SMILES string of the molecule is Cn1cc(C(NCCCCCCCC2CC2)c2nnnn2CC2CC2)c(C2CC2)n1. The van der Waals surface area contributed by atoms with Crippen LogP contribution in [0.4, 0.5) is 0 Å². The van der Waals surface area contributed by atoms with Crippen molar-refractivity contribution in [2.75, 3.05) is 6.54 Å². The fraction of sp³-hybridized carbons (Fsp3) is 0.826. The highest BCUT2D eigenvalue weighted by Gasteiger charge is 2.34. The Morgan fingerprint density at radius 2 is 1.77 bits per heavy atom. The van der Waals surface area contributed by atoms with Gasteiger partial charge in [0.05, 0.1) is 11.7 Å². The predicted molar refractivity (Wildman–Crippen MR) is 116 cm³/mol. The Morgan fingerprint density at radius 3 is 2.53 bits per heavy atom. The molecule has 2 aromatic heterocycles. The van der Waals surface area contributed by atoms with Gasteiger partial charge in [0.25, 0.3) is 0 Å². The number of tetrazole rings is 1. The van der Waals surface area contributed by atoms with Crippen LogP contribution < -0.4 is 5.32 Å². The van der Waals surface area contributed by atoms with E-state index in [1.54, 1.807) is 0 Å². The van der Waals surface area contributed by atoms with Crippen LogP contribution in [0, 0.1) is 11.8 Å². The first-order valence-electron chi connectivity index (χ1n) is 12.3. The zero-order valence-electron chi connectivity index (χ0n) is 18.5. The summed E-state index contributed by atoms with van der Waals surface area (Å²) in [5.41, 5.74) is 2.52. The molecule has 0 saturated heterocycles. The highest BCUT2D eigenvalue weighted by atomic mass is 15.5. The van der Waals surface area contributed by atoms with Gasteiger partial charge in [-0.3, -0.25) is 4.68 Å². The van der Waals surface area contributed by atoms with Gasteiger partial charge in [0.1, 0.15) is 0 Å². The number of aryl methyl sites for hydroxylation is 1. The predicted octanol–water partition coefficient (Wildman–Crippen LogP) is 4.12. The molecular weight excluding hydrogens is 374 g/mol. The molecule has 3 fully saturated rings. The Labute approximate surface area is 180 Å². The third-order valence-corrected chi connectivity index (χ3v) is 6.94. The maximum absolute atomic E-state index is 4.80. The Bertz CT molecular complexity index is 813. The van der Waals surface area contributed by atoms with E-state index in [4.69, 9.17) is 5.10 Å². The highest BCUT2D eigenvalue weighted by Crippen LogP contribution is 2.43. The van der Waals surface area contributed by atoms with Crippen molar-refractivity contribution in [3.05, 3.63) is 23.3 Å². The minimum absolute atomic E-state index is 0.0397. The van der Waals surface area contributed by atoms with E-state index in [0.717, 1.165) is 30.7 Å². The molecule has 30 heavy (non-hydrogen) atoms. The average molecular weight is 412 g/mol. The molecule has 0 radical (unpaired) electrons. The fourth-order valence-corrected chi connectivity index (χ4v) is 4.60. The van der Waals surface area contributed by atoms with Gasteiger partial charge in [0, 0.05) is 31.3 Å². The summed E-state index contributed by atoms with van der Waals surface area (Å²) in [6.07, 6.45) is 18.4. The van der Waals surface area contributed by atoms with Crippen molar-refractivity contribution in [2.24, 2.45) is 18.9 Å².